The van der Waals surface area contributed by atoms with Crippen LogP contribution in [0.3, 0.4) is 0 Å². The zero-order valence-corrected chi connectivity index (χ0v) is 31.1. The maximum Gasteiger partial charge on any atom is 0.143 e. The number of halogens is 1. The van der Waals surface area contributed by atoms with E-state index in [2.05, 4.69) is 53.8 Å². The molecular formula is C44H62ClN3O2. The summed E-state index contributed by atoms with van der Waals surface area (Å²) >= 11 is 0. The van der Waals surface area contributed by atoms with E-state index in [0.29, 0.717) is 40.4 Å². The van der Waals surface area contributed by atoms with Gasteiger partial charge < -0.3 is 16.4 Å². The highest BCUT2D eigenvalue weighted by atomic mass is 35.5. The van der Waals surface area contributed by atoms with Gasteiger partial charge in [-0.3, -0.25) is 4.79 Å². The van der Waals surface area contributed by atoms with Crippen LogP contribution in [-0.4, -0.2) is 28.5 Å². The first-order valence-electron chi connectivity index (χ1n) is 20.6. The van der Waals surface area contributed by atoms with Crippen molar-refractivity contribution in [2.45, 2.75) is 134 Å². The van der Waals surface area contributed by atoms with Crippen LogP contribution in [0.1, 0.15) is 128 Å². The van der Waals surface area contributed by atoms with Crippen LogP contribution < -0.4 is 5.73 Å². The largest absolute Gasteiger partial charge is 0.411 e. The van der Waals surface area contributed by atoms with E-state index >= 15 is 0 Å². The average Bonchev–Trinajstić information content (AvgIpc) is 4.00. The molecule has 0 saturated heterocycles. The van der Waals surface area contributed by atoms with Crippen LogP contribution in [0.2, 0.25) is 0 Å². The maximum atomic E-state index is 12.0. The fourth-order valence-electron chi connectivity index (χ4n) is 14.8. The standard InChI is InChI=1S/C11H15NO.C11H17N.C11H15N.C11H14O.ClH/c13-12-10-8-3-4-9(7-8)11(10)5-1-2-6-11;3*12-10-8-3-4-9(7-8)11(10)5-1-2-6-11;/h1-2,8-9,13H,3-7H2;1-2,8-10H,3-7,12H2;1-2,8-9,12H,3-7H2;1-2,8-9H,3-7H2;1H/b12-10-;;;;/t8-,9+;8-,9+,10-;2*8-,9+;/m1111./s1. The molecule has 4 N–H and O–H groups in total. The molecule has 50 heavy (non-hydrogen) atoms. The Bertz CT molecular complexity index is 1410. The second-order valence-corrected chi connectivity index (χ2v) is 18.9. The van der Waals surface area contributed by atoms with Gasteiger partial charge in [-0.05, 0) is 169 Å². The average molecular weight is 700 g/mol. The van der Waals surface area contributed by atoms with E-state index in [-0.39, 0.29) is 23.2 Å². The third-order valence-electron chi connectivity index (χ3n) is 17.5. The van der Waals surface area contributed by atoms with Crippen molar-refractivity contribution in [3.8, 4) is 0 Å². The molecule has 5 nitrogen and oxygen atoms in total. The number of ketones is 1. The van der Waals surface area contributed by atoms with Gasteiger partial charge in [0.25, 0.3) is 0 Å². The van der Waals surface area contributed by atoms with Crippen LogP contribution in [0.4, 0.5) is 0 Å². The van der Waals surface area contributed by atoms with E-state index < -0.39 is 0 Å². The lowest BCUT2D eigenvalue weighted by Crippen LogP contribution is -2.44. The van der Waals surface area contributed by atoms with E-state index in [4.69, 9.17) is 16.4 Å². The molecule has 8 saturated carbocycles. The molecule has 0 amide bonds. The molecule has 0 aromatic carbocycles. The number of carbonyl (C=O) groups is 1. The summed E-state index contributed by atoms with van der Waals surface area (Å²) in [6.07, 6.45) is 43.4. The summed E-state index contributed by atoms with van der Waals surface area (Å²) in [4.78, 5) is 12.0. The van der Waals surface area contributed by atoms with Gasteiger partial charge in [-0.1, -0.05) is 53.8 Å². The maximum absolute atomic E-state index is 12.0. The van der Waals surface area contributed by atoms with Crippen LogP contribution in [0.15, 0.2) is 53.8 Å². The smallest absolute Gasteiger partial charge is 0.143 e. The topological polar surface area (TPSA) is 99.5 Å². The Morgan fingerprint density at radius 3 is 1.56 bits per heavy atom. The summed E-state index contributed by atoms with van der Waals surface area (Å²) in [5.74, 6) is 6.58. The summed E-state index contributed by atoms with van der Waals surface area (Å²) < 4.78 is 0. The van der Waals surface area contributed by atoms with Crippen molar-refractivity contribution in [2.75, 3.05) is 0 Å². The third-order valence-corrected chi connectivity index (χ3v) is 17.5. The van der Waals surface area contributed by atoms with Gasteiger partial charge in [0.2, 0.25) is 0 Å². The predicted octanol–water partition coefficient (Wildman–Crippen LogP) is 10.2. The first-order chi connectivity index (χ1) is 23.9. The first kappa shape index (κ1) is 35.1. The lowest BCUT2D eigenvalue weighted by atomic mass is 9.68. The van der Waals surface area contributed by atoms with Crippen LogP contribution in [-0.2, 0) is 4.79 Å². The lowest BCUT2D eigenvalue weighted by Gasteiger charge is -2.39. The van der Waals surface area contributed by atoms with Gasteiger partial charge in [0.15, 0.2) is 0 Å². The fourth-order valence-corrected chi connectivity index (χ4v) is 14.8. The van der Waals surface area contributed by atoms with E-state index in [1.807, 2.05) is 0 Å². The molecule has 12 aliphatic rings. The van der Waals surface area contributed by atoms with Crippen LogP contribution in [0, 0.1) is 74.4 Å². The van der Waals surface area contributed by atoms with E-state index in [1.165, 1.54) is 103 Å². The molecule has 0 unspecified atom stereocenters. The minimum atomic E-state index is 0. The number of nitrogens with one attached hydrogen (secondary N) is 1. The third kappa shape index (κ3) is 5.04. The van der Waals surface area contributed by atoms with Crippen LogP contribution in [0.5, 0.6) is 0 Å². The molecule has 6 heteroatoms. The van der Waals surface area contributed by atoms with Gasteiger partial charge in [0, 0.05) is 39.8 Å². The van der Waals surface area contributed by atoms with Crippen LogP contribution in [0.25, 0.3) is 0 Å². The summed E-state index contributed by atoms with van der Waals surface area (Å²) in [6.45, 7) is 0. The molecule has 12 rings (SSSR count). The van der Waals surface area contributed by atoms with Gasteiger partial charge >= 0.3 is 0 Å². The molecule has 0 radical (unpaired) electrons. The quantitative estimate of drug-likeness (QED) is 0.133. The number of oxime groups is 1. The normalized spacial score (nSPS) is 42.7. The molecule has 12 aliphatic carbocycles. The van der Waals surface area contributed by atoms with Gasteiger partial charge in [-0.25, -0.2) is 0 Å². The number of Topliss-reactive ketones (excluding diaryl/α,β-unsaturated/α-hetero) is 1. The first-order valence-corrected chi connectivity index (χ1v) is 20.6. The summed E-state index contributed by atoms with van der Waals surface area (Å²) in [5, 5.41) is 20.8. The summed E-state index contributed by atoms with van der Waals surface area (Å²) in [5.41, 5.74) is 9.78. The van der Waals surface area contributed by atoms with Crippen molar-refractivity contribution in [3.05, 3.63) is 48.6 Å². The Hall–Kier alpha value is -1.98. The Kier molecular flexibility index (Phi) is 9.22. The van der Waals surface area contributed by atoms with Crippen LogP contribution >= 0.6 is 12.4 Å². The minimum absolute atomic E-state index is 0. The Morgan fingerprint density at radius 1 is 0.580 bits per heavy atom. The zero-order valence-electron chi connectivity index (χ0n) is 30.2. The number of carbonyl (C=O) groups excluding carboxylic acids is 1. The Balaban J connectivity index is 0.0000000957. The predicted molar refractivity (Wildman–Crippen MR) is 204 cm³/mol. The highest BCUT2D eigenvalue weighted by Gasteiger charge is 2.59. The molecule has 0 aromatic rings. The Labute approximate surface area is 307 Å². The zero-order chi connectivity index (χ0) is 33.4. The fraction of sp³-hybridized carbons (Fsp3) is 0.750. The molecule has 8 bridgehead atoms. The SMILES string of the molecule is Cl.N=C1[C@@H]2CC[C@@H](C2)C12CC=CC2.N[C@@H]1[C@@H]2CC[C@@H](C2)C12CC=CC2.O/N=C1/[C@@H]2CC[C@@H](C2)C12CC=CC2.O=C1[C@@H]2CC[C@@H](C2)C12CC=CC2. The van der Waals surface area contributed by atoms with Crippen molar-refractivity contribution < 1.29 is 10.0 Å². The molecular weight excluding hydrogens is 638 g/mol. The summed E-state index contributed by atoms with van der Waals surface area (Å²) in [6, 6.07) is 0.520. The van der Waals surface area contributed by atoms with Crippen molar-refractivity contribution in [1.29, 1.82) is 5.41 Å². The highest BCUT2D eigenvalue weighted by Crippen LogP contribution is 2.62. The number of hydrogen-bond donors (Lipinski definition) is 3. The van der Waals surface area contributed by atoms with E-state index in [1.54, 1.807) is 0 Å². The minimum Gasteiger partial charge on any atom is -0.411 e. The van der Waals surface area contributed by atoms with Crippen molar-refractivity contribution in [1.82, 2.24) is 0 Å². The van der Waals surface area contributed by atoms with Gasteiger partial charge in [0.1, 0.15) is 5.78 Å². The second-order valence-electron chi connectivity index (χ2n) is 18.9. The number of hydrogen-bond acceptors (Lipinski definition) is 5. The number of rotatable bonds is 0. The number of allylic oxidation sites excluding steroid dienone is 8. The number of fused-ring (bicyclic) bond motifs is 12. The summed E-state index contributed by atoms with van der Waals surface area (Å²) in [7, 11) is 0. The van der Waals surface area contributed by atoms with Crippen molar-refractivity contribution >= 4 is 29.6 Å². The molecule has 0 aromatic heterocycles. The van der Waals surface area contributed by atoms with Gasteiger partial charge in [-0.15, -0.1) is 12.4 Å². The number of nitrogens with zero attached hydrogens (tertiary/aromatic N) is 1. The molecule has 9 atom stereocenters. The molecule has 4 spiro atoms. The van der Waals surface area contributed by atoms with Gasteiger partial charge in [-0.2, -0.15) is 0 Å². The van der Waals surface area contributed by atoms with E-state index in [9.17, 15) is 4.79 Å². The second kappa shape index (κ2) is 13.2. The van der Waals surface area contributed by atoms with Crippen molar-refractivity contribution in [2.24, 2.45) is 79.9 Å². The molecule has 272 valence electrons. The molecule has 0 aliphatic heterocycles. The highest BCUT2D eigenvalue weighted by molar-refractivity contribution is 5.96. The lowest BCUT2D eigenvalue weighted by molar-refractivity contribution is -0.131. The molecule has 8 fully saturated rings. The van der Waals surface area contributed by atoms with Crippen molar-refractivity contribution in [3.63, 3.8) is 0 Å². The van der Waals surface area contributed by atoms with E-state index in [0.717, 1.165) is 66.7 Å². The molecule has 0 heterocycles. The Morgan fingerprint density at radius 2 is 1.04 bits per heavy atom. The van der Waals surface area contributed by atoms with Gasteiger partial charge in [0.05, 0.1) is 5.71 Å². The number of nitrogens with two attached hydrogens (primary N) is 1. The monoisotopic (exact) mass is 699 g/mol.